The molecule has 0 bridgehead atoms. The zero-order valence-corrected chi connectivity index (χ0v) is 16.6. The first-order valence-corrected chi connectivity index (χ1v) is 9.70. The molecule has 0 aliphatic rings. The van der Waals surface area contributed by atoms with E-state index in [4.69, 9.17) is 4.74 Å². The number of nitrogens with zero attached hydrogens (tertiary/aromatic N) is 3. The van der Waals surface area contributed by atoms with Gasteiger partial charge in [-0.05, 0) is 48.5 Å². The van der Waals surface area contributed by atoms with E-state index in [9.17, 15) is 14.9 Å². The van der Waals surface area contributed by atoms with E-state index in [-0.39, 0.29) is 11.6 Å². The zero-order chi connectivity index (χ0) is 21.1. The number of nitro benzene ring substituents is 1. The number of non-ortho nitro benzene ring substituents is 1. The number of nitro groups is 1. The highest BCUT2D eigenvalue weighted by atomic mass is 32.1. The van der Waals surface area contributed by atoms with Crippen LogP contribution in [0.5, 0.6) is 5.75 Å². The Bertz CT molecular complexity index is 1260. The van der Waals surface area contributed by atoms with Crippen molar-refractivity contribution < 1.29 is 14.5 Å². The summed E-state index contributed by atoms with van der Waals surface area (Å²) in [6.45, 7) is 0. The first-order valence-electron chi connectivity index (χ1n) is 8.88. The summed E-state index contributed by atoms with van der Waals surface area (Å²) in [7, 11) is 1.61. The van der Waals surface area contributed by atoms with Gasteiger partial charge in [0.1, 0.15) is 5.75 Å². The highest BCUT2D eigenvalue weighted by molar-refractivity contribution is 7.20. The molecule has 2 aromatic carbocycles. The number of fused-ring (bicyclic) bond motifs is 1. The Labute approximate surface area is 175 Å². The summed E-state index contributed by atoms with van der Waals surface area (Å²) in [4.78, 5) is 23.3. The van der Waals surface area contributed by atoms with Gasteiger partial charge in [0.05, 0.1) is 28.8 Å². The molecule has 4 rings (SSSR count). The van der Waals surface area contributed by atoms with Crippen molar-refractivity contribution in [1.29, 1.82) is 0 Å². The fourth-order valence-corrected chi connectivity index (χ4v) is 3.88. The van der Waals surface area contributed by atoms with E-state index >= 15 is 0 Å². The van der Waals surface area contributed by atoms with Crippen LogP contribution in [0.25, 0.3) is 15.8 Å². The van der Waals surface area contributed by atoms with Gasteiger partial charge in [-0.3, -0.25) is 14.9 Å². The Morgan fingerprint density at radius 1 is 1.20 bits per heavy atom. The molecule has 0 saturated heterocycles. The number of hydrogen-bond donors (Lipinski definition) is 1. The fraction of sp³-hybridized carbons (Fsp3) is 0.0476. The number of hydrogen-bond acceptors (Lipinski definition) is 6. The summed E-state index contributed by atoms with van der Waals surface area (Å²) in [5.74, 6) is 0.389. The van der Waals surface area contributed by atoms with Crippen LogP contribution in [0.3, 0.4) is 0 Å². The van der Waals surface area contributed by atoms with E-state index in [2.05, 4.69) is 10.5 Å². The van der Waals surface area contributed by atoms with Gasteiger partial charge in [-0.2, -0.15) is 5.10 Å². The molecule has 0 saturated carbocycles. The second kappa shape index (κ2) is 8.18. The summed E-state index contributed by atoms with van der Waals surface area (Å²) < 4.78 is 7.89. The second-order valence-corrected chi connectivity index (χ2v) is 7.37. The smallest absolute Gasteiger partial charge is 0.281 e. The molecule has 150 valence electrons. The quantitative estimate of drug-likeness (QED) is 0.284. The van der Waals surface area contributed by atoms with Crippen LogP contribution in [-0.4, -0.2) is 28.7 Å². The van der Waals surface area contributed by atoms with Crippen molar-refractivity contribution in [2.75, 3.05) is 7.11 Å². The van der Waals surface area contributed by atoms with Crippen molar-refractivity contribution in [3.63, 3.8) is 0 Å². The summed E-state index contributed by atoms with van der Waals surface area (Å²) in [5, 5.41) is 15.6. The first kappa shape index (κ1) is 19.3. The Morgan fingerprint density at radius 2 is 2.00 bits per heavy atom. The average molecular weight is 420 g/mol. The molecule has 8 nitrogen and oxygen atoms in total. The summed E-state index contributed by atoms with van der Waals surface area (Å²) in [6, 6.07) is 17.5. The van der Waals surface area contributed by atoms with Gasteiger partial charge >= 0.3 is 0 Å². The number of ether oxygens (including phenoxy) is 1. The molecule has 0 atom stereocenters. The molecule has 0 aliphatic heterocycles. The topological polar surface area (TPSA) is 98.8 Å². The number of rotatable bonds is 6. The number of nitrogens with one attached hydrogen (secondary N) is 1. The van der Waals surface area contributed by atoms with Crippen molar-refractivity contribution >= 4 is 39.2 Å². The normalized spacial score (nSPS) is 11.1. The maximum absolute atomic E-state index is 12.4. The summed E-state index contributed by atoms with van der Waals surface area (Å²) >= 11 is 1.25. The second-order valence-electron chi connectivity index (χ2n) is 6.29. The van der Waals surface area contributed by atoms with Crippen molar-refractivity contribution in [1.82, 2.24) is 9.99 Å². The van der Waals surface area contributed by atoms with Gasteiger partial charge in [-0.15, -0.1) is 11.3 Å². The molecule has 9 heteroatoms. The molecule has 1 N–H and O–H groups in total. The lowest BCUT2D eigenvalue weighted by Crippen LogP contribution is -2.16. The zero-order valence-electron chi connectivity index (χ0n) is 15.8. The summed E-state index contributed by atoms with van der Waals surface area (Å²) in [6.07, 6.45) is 3.45. The Hall–Kier alpha value is -3.98. The van der Waals surface area contributed by atoms with E-state index in [0.717, 1.165) is 21.8 Å². The maximum Gasteiger partial charge on any atom is 0.281 e. The molecule has 0 radical (unpaired) electrons. The van der Waals surface area contributed by atoms with E-state index in [0.29, 0.717) is 10.3 Å². The van der Waals surface area contributed by atoms with Gasteiger partial charge in [-0.25, -0.2) is 5.43 Å². The van der Waals surface area contributed by atoms with Gasteiger partial charge < -0.3 is 9.30 Å². The van der Waals surface area contributed by atoms with Gasteiger partial charge in [0, 0.05) is 34.1 Å². The Morgan fingerprint density at radius 3 is 2.73 bits per heavy atom. The third kappa shape index (κ3) is 3.91. The number of aromatic nitrogens is 1. The van der Waals surface area contributed by atoms with Crippen LogP contribution in [-0.2, 0) is 0 Å². The predicted molar refractivity (Wildman–Crippen MR) is 116 cm³/mol. The third-order valence-electron chi connectivity index (χ3n) is 4.43. The molecule has 2 heterocycles. The van der Waals surface area contributed by atoms with Crippen LogP contribution in [0.15, 0.2) is 72.0 Å². The number of amides is 1. The Kier molecular flexibility index (Phi) is 5.27. The summed E-state index contributed by atoms with van der Waals surface area (Å²) in [5.41, 5.74) is 4.21. The van der Waals surface area contributed by atoms with Crippen LogP contribution in [0.2, 0.25) is 0 Å². The molecule has 30 heavy (non-hydrogen) atoms. The van der Waals surface area contributed by atoms with Gasteiger partial charge in [0.2, 0.25) is 0 Å². The molecule has 4 aromatic rings. The van der Waals surface area contributed by atoms with Gasteiger partial charge in [0.15, 0.2) is 0 Å². The number of benzene rings is 2. The standard InChI is InChI=1S/C21H16N4O4S/c1-29-18-7-4-15(5-8-18)24-10-2-3-17(24)13-22-23-21(26)20-12-14-11-16(25(27)28)6-9-19(14)30-20/h2-13H,1H3,(H,23,26). The van der Waals surface area contributed by atoms with E-state index in [1.54, 1.807) is 25.5 Å². The molecule has 0 aliphatic carbocycles. The van der Waals surface area contributed by atoms with Crippen LogP contribution < -0.4 is 10.2 Å². The Balaban J connectivity index is 1.48. The average Bonchev–Trinajstić information content (AvgIpc) is 3.40. The molecule has 2 aromatic heterocycles. The molecular formula is C21H16N4O4S. The number of carbonyl (C=O) groups is 1. The van der Waals surface area contributed by atoms with Crippen molar-refractivity contribution in [3.05, 3.63) is 87.5 Å². The maximum atomic E-state index is 12.4. The minimum atomic E-state index is -0.459. The van der Waals surface area contributed by atoms with Gasteiger partial charge in [0.25, 0.3) is 11.6 Å². The first-order chi connectivity index (χ1) is 14.5. The highest BCUT2D eigenvalue weighted by Crippen LogP contribution is 2.28. The number of carbonyl (C=O) groups excluding carboxylic acids is 1. The van der Waals surface area contributed by atoms with E-state index in [1.807, 2.05) is 47.2 Å². The lowest BCUT2D eigenvalue weighted by molar-refractivity contribution is -0.384. The van der Waals surface area contributed by atoms with Gasteiger partial charge in [-0.1, -0.05) is 0 Å². The minimum absolute atomic E-state index is 0.00965. The highest BCUT2D eigenvalue weighted by Gasteiger charge is 2.13. The van der Waals surface area contributed by atoms with Crippen molar-refractivity contribution in [3.8, 4) is 11.4 Å². The molecule has 1 amide bonds. The van der Waals surface area contributed by atoms with E-state index < -0.39 is 4.92 Å². The SMILES string of the molecule is COc1ccc(-n2cccc2C=NNC(=O)c2cc3cc([N+](=O)[O-])ccc3s2)cc1. The predicted octanol–water partition coefficient (Wildman–Crippen LogP) is 4.37. The lowest BCUT2D eigenvalue weighted by Gasteiger charge is -2.07. The third-order valence-corrected chi connectivity index (χ3v) is 5.54. The van der Waals surface area contributed by atoms with Crippen molar-refractivity contribution in [2.45, 2.75) is 0 Å². The molecule has 0 unspecified atom stereocenters. The van der Waals surface area contributed by atoms with E-state index in [1.165, 1.54) is 23.5 Å². The molecular weight excluding hydrogens is 404 g/mol. The molecule has 0 spiro atoms. The van der Waals surface area contributed by atoms with Crippen LogP contribution in [0.4, 0.5) is 5.69 Å². The number of hydrazone groups is 1. The number of methoxy groups -OCH3 is 1. The van der Waals surface area contributed by atoms with Crippen LogP contribution >= 0.6 is 11.3 Å². The van der Waals surface area contributed by atoms with Crippen molar-refractivity contribution in [2.24, 2.45) is 5.10 Å². The lowest BCUT2D eigenvalue weighted by atomic mass is 10.2. The monoisotopic (exact) mass is 420 g/mol. The number of thiophene rings is 1. The largest absolute Gasteiger partial charge is 0.497 e. The van der Waals surface area contributed by atoms with Crippen LogP contribution in [0, 0.1) is 10.1 Å². The molecule has 0 fully saturated rings. The van der Waals surface area contributed by atoms with Crippen LogP contribution in [0.1, 0.15) is 15.4 Å². The fourth-order valence-electron chi connectivity index (χ4n) is 2.95. The minimum Gasteiger partial charge on any atom is -0.497 e.